The van der Waals surface area contributed by atoms with E-state index in [1.807, 2.05) is 26.0 Å². The van der Waals surface area contributed by atoms with Crippen molar-refractivity contribution in [1.29, 1.82) is 5.26 Å². The highest BCUT2D eigenvalue weighted by Crippen LogP contribution is 2.34. The molecule has 3 rings (SSSR count). The Morgan fingerprint density at radius 1 is 1.12 bits per heavy atom. The van der Waals surface area contributed by atoms with Crippen LogP contribution in [-0.2, 0) is 16.2 Å². The molecule has 1 saturated heterocycles. The maximum atomic E-state index is 12.8. The molecular formula is C24H23N3O4S. The third kappa shape index (κ3) is 5.18. The van der Waals surface area contributed by atoms with E-state index < -0.39 is 11.1 Å². The summed E-state index contributed by atoms with van der Waals surface area (Å²) in [5.41, 5.74) is 1.91. The number of nitriles is 1. The van der Waals surface area contributed by atoms with Crippen LogP contribution in [0.2, 0.25) is 0 Å². The summed E-state index contributed by atoms with van der Waals surface area (Å²) < 4.78 is 5.91. The third-order valence-corrected chi connectivity index (χ3v) is 5.92. The zero-order valence-corrected chi connectivity index (χ0v) is 18.7. The van der Waals surface area contributed by atoms with Gasteiger partial charge in [-0.25, -0.2) is 0 Å². The standard InChI is InChI=1S/C24H23N3O4S/c1-3-26(4-2)22(28)15-27-23(29)21(32-24(27)30)13-17-9-7-8-12-20(17)31-16-19-11-6-5-10-18(19)14-25/h5-13H,3-4,15-16H2,1-2H3/b21-13-. The SMILES string of the molecule is CCN(CC)C(=O)CN1C(=O)S/C(=C\c2ccccc2OCc2ccccc2C#N)C1=O. The molecule has 1 aliphatic heterocycles. The molecule has 0 spiro atoms. The molecule has 8 heteroatoms. The maximum Gasteiger partial charge on any atom is 0.294 e. The molecule has 0 saturated carbocycles. The lowest BCUT2D eigenvalue weighted by Crippen LogP contribution is -2.41. The molecule has 1 aliphatic rings. The van der Waals surface area contributed by atoms with Gasteiger partial charge in [-0.2, -0.15) is 5.26 Å². The van der Waals surface area contributed by atoms with Gasteiger partial charge in [0.2, 0.25) is 5.91 Å². The second-order valence-electron chi connectivity index (χ2n) is 6.93. The van der Waals surface area contributed by atoms with Crippen molar-refractivity contribution in [3.8, 4) is 11.8 Å². The van der Waals surface area contributed by atoms with Crippen LogP contribution in [0.3, 0.4) is 0 Å². The highest BCUT2D eigenvalue weighted by Gasteiger charge is 2.37. The van der Waals surface area contributed by atoms with Gasteiger partial charge in [0.25, 0.3) is 11.1 Å². The van der Waals surface area contributed by atoms with Crippen LogP contribution in [-0.4, -0.2) is 46.5 Å². The predicted molar refractivity (Wildman–Crippen MR) is 123 cm³/mol. The average molecular weight is 450 g/mol. The number of benzene rings is 2. The monoisotopic (exact) mass is 449 g/mol. The van der Waals surface area contributed by atoms with Crippen molar-refractivity contribution >= 4 is 34.9 Å². The van der Waals surface area contributed by atoms with Crippen LogP contribution in [0.25, 0.3) is 6.08 Å². The fourth-order valence-corrected chi connectivity index (χ4v) is 4.06. The third-order valence-electron chi connectivity index (χ3n) is 5.01. The number of nitrogens with zero attached hydrogens (tertiary/aromatic N) is 3. The predicted octanol–water partition coefficient (Wildman–Crippen LogP) is 4.04. The van der Waals surface area contributed by atoms with Gasteiger partial charge >= 0.3 is 0 Å². The van der Waals surface area contributed by atoms with Crippen molar-refractivity contribution in [2.75, 3.05) is 19.6 Å². The minimum absolute atomic E-state index is 0.189. The summed E-state index contributed by atoms with van der Waals surface area (Å²) in [5.74, 6) is -0.241. The van der Waals surface area contributed by atoms with Gasteiger partial charge in [-0.15, -0.1) is 0 Å². The maximum absolute atomic E-state index is 12.8. The Hall–Kier alpha value is -3.57. The van der Waals surface area contributed by atoms with Crippen molar-refractivity contribution in [1.82, 2.24) is 9.80 Å². The average Bonchev–Trinajstić information content (AvgIpc) is 3.06. The van der Waals surface area contributed by atoms with Crippen molar-refractivity contribution in [3.63, 3.8) is 0 Å². The van der Waals surface area contributed by atoms with E-state index in [1.165, 1.54) is 0 Å². The van der Waals surface area contributed by atoms with Crippen molar-refractivity contribution in [2.45, 2.75) is 20.5 Å². The molecule has 7 nitrogen and oxygen atoms in total. The van der Waals surface area contributed by atoms with Gasteiger partial charge in [-0.05, 0) is 43.8 Å². The zero-order valence-electron chi connectivity index (χ0n) is 17.9. The number of imide groups is 1. The molecule has 0 bridgehead atoms. The van der Waals surface area contributed by atoms with E-state index in [-0.39, 0.29) is 24.0 Å². The number of hydrogen-bond donors (Lipinski definition) is 0. The second-order valence-corrected chi connectivity index (χ2v) is 7.92. The van der Waals surface area contributed by atoms with E-state index in [0.29, 0.717) is 30.0 Å². The normalized spacial score (nSPS) is 14.5. The Kier molecular flexibility index (Phi) is 7.68. The van der Waals surface area contributed by atoms with Gasteiger partial charge in [0.15, 0.2) is 0 Å². The molecule has 32 heavy (non-hydrogen) atoms. The molecule has 2 aromatic rings. The molecule has 3 amide bonds. The van der Waals surface area contributed by atoms with Crippen molar-refractivity contribution < 1.29 is 19.1 Å². The van der Waals surface area contributed by atoms with Gasteiger partial charge < -0.3 is 9.64 Å². The summed E-state index contributed by atoms with van der Waals surface area (Å²) >= 11 is 0.804. The minimum Gasteiger partial charge on any atom is -0.488 e. The molecule has 0 N–H and O–H groups in total. The number of likely N-dealkylation sites (N-methyl/N-ethyl adjacent to an activating group) is 1. The Labute approximate surface area is 191 Å². The van der Waals surface area contributed by atoms with Crippen LogP contribution >= 0.6 is 11.8 Å². The quantitative estimate of drug-likeness (QED) is 0.565. The van der Waals surface area contributed by atoms with Crippen LogP contribution < -0.4 is 4.74 Å². The zero-order chi connectivity index (χ0) is 23.1. The van der Waals surface area contributed by atoms with Crippen molar-refractivity contribution in [2.24, 2.45) is 0 Å². The Morgan fingerprint density at radius 3 is 2.53 bits per heavy atom. The molecule has 1 fully saturated rings. The number of hydrogen-bond acceptors (Lipinski definition) is 6. The highest BCUT2D eigenvalue weighted by atomic mass is 32.2. The van der Waals surface area contributed by atoms with Crippen LogP contribution in [0.15, 0.2) is 53.4 Å². The van der Waals surface area contributed by atoms with Crippen LogP contribution in [0.4, 0.5) is 4.79 Å². The Balaban J connectivity index is 1.77. The summed E-state index contributed by atoms with van der Waals surface area (Å²) in [6.07, 6.45) is 1.60. The van der Waals surface area contributed by atoms with Gasteiger partial charge in [-0.3, -0.25) is 19.3 Å². The Bertz CT molecular complexity index is 1100. The van der Waals surface area contributed by atoms with Crippen LogP contribution in [0, 0.1) is 11.3 Å². The molecule has 0 radical (unpaired) electrons. The summed E-state index contributed by atoms with van der Waals surface area (Å²) in [6, 6.07) is 16.4. The van der Waals surface area contributed by atoms with Crippen molar-refractivity contribution in [3.05, 3.63) is 70.1 Å². The van der Waals surface area contributed by atoms with Crippen LogP contribution in [0.1, 0.15) is 30.5 Å². The molecule has 0 aliphatic carbocycles. The lowest BCUT2D eigenvalue weighted by atomic mass is 10.1. The fourth-order valence-electron chi connectivity index (χ4n) is 3.23. The number of thioether (sulfide) groups is 1. The number of ether oxygens (including phenoxy) is 1. The molecule has 0 aromatic heterocycles. The first kappa shape index (κ1) is 23.1. The number of carbonyl (C=O) groups is 3. The van der Waals surface area contributed by atoms with E-state index in [1.54, 1.807) is 47.4 Å². The molecule has 0 unspecified atom stereocenters. The number of para-hydroxylation sites is 1. The Morgan fingerprint density at radius 2 is 1.81 bits per heavy atom. The number of rotatable bonds is 8. The highest BCUT2D eigenvalue weighted by molar-refractivity contribution is 8.18. The van der Waals surface area contributed by atoms with E-state index in [0.717, 1.165) is 22.2 Å². The summed E-state index contributed by atoms with van der Waals surface area (Å²) in [6.45, 7) is 4.64. The number of carbonyl (C=O) groups excluding carboxylic acids is 3. The smallest absolute Gasteiger partial charge is 0.294 e. The molecular weight excluding hydrogens is 426 g/mol. The molecule has 0 atom stereocenters. The molecule has 2 aromatic carbocycles. The fraction of sp³-hybridized carbons (Fsp3) is 0.250. The second kappa shape index (κ2) is 10.6. The first-order valence-electron chi connectivity index (χ1n) is 10.2. The first-order valence-corrected chi connectivity index (χ1v) is 11.0. The number of amides is 3. The summed E-state index contributed by atoms with van der Waals surface area (Å²) in [5, 5.41) is 8.78. The molecule has 164 valence electrons. The van der Waals surface area contributed by atoms with E-state index in [2.05, 4.69) is 6.07 Å². The minimum atomic E-state index is -0.495. The summed E-state index contributed by atoms with van der Waals surface area (Å²) in [7, 11) is 0. The lowest BCUT2D eigenvalue weighted by Gasteiger charge is -2.21. The van der Waals surface area contributed by atoms with E-state index in [4.69, 9.17) is 4.74 Å². The van der Waals surface area contributed by atoms with Crippen LogP contribution in [0.5, 0.6) is 5.75 Å². The van der Waals surface area contributed by atoms with E-state index >= 15 is 0 Å². The van der Waals surface area contributed by atoms with Gasteiger partial charge in [0, 0.05) is 24.2 Å². The topological polar surface area (TPSA) is 90.7 Å². The summed E-state index contributed by atoms with van der Waals surface area (Å²) in [4.78, 5) is 40.3. The van der Waals surface area contributed by atoms with Gasteiger partial charge in [0.05, 0.1) is 16.5 Å². The first-order chi connectivity index (χ1) is 15.5. The lowest BCUT2D eigenvalue weighted by molar-refractivity contribution is -0.135. The molecule has 1 heterocycles. The van der Waals surface area contributed by atoms with Gasteiger partial charge in [-0.1, -0.05) is 36.4 Å². The largest absolute Gasteiger partial charge is 0.488 e. The van der Waals surface area contributed by atoms with Gasteiger partial charge in [0.1, 0.15) is 18.9 Å². The van der Waals surface area contributed by atoms with E-state index in [9.17, 15) is 19.6 Å².